The maximum Gasteiger partial charge on any atom is 0.138 e. The zero-order valence-corrected chi connectivity index (χ0v) is 10.9. The number of anilines is 2. The zero-order valence-electron chi connectivity index (χ0n) is 8.71. The van der Waals surface area contributed by atoms with Crippen LogP contribution in [0.4, 0.5) is 15.8 Å². The van der Waals surface area contributed by atoms with E-state index in [9.17, 15) is 4.39 Å². The maximum absolute atomic E-state index is 13.3. The summed E-state index contributed by atoms with van der Waals surface area (Å²) in [5, 5.41) is 12.3. The van der Waals surface area contributed by atoms with Crippen LogP contribution in [0.3, 0.4) is 0 Å². The molecular weight excluding hydrogens is 322 g/mol. The van der Waals surface area contributed by atoms with Gasteiger partial charge in [0.1, 0.15) is 5.82 Å². The van der Waals surface area contributed by atoms with Crippen molar-refractivity contribution in [2.45, 2.75) is 18.9 Å². The first-order valence-corrected chi connectivity index (χ1v) is 6.30. The predicted octanol–water partition coefficient (Wildman–Crippen LogP) is 2.20. The van der Waals surface area contributed by atoms with Crippen molar-refractivity contribution in [2.24, 2.45) is 5.92 Å². The molecule has 0 spiro atoms. The highest BCUT2D eigenvalue weighted by molar-refractivity contribution is 14.1. The molecule has 5 heteroatoms. The molecule has 0 atom stereocenters. The number of aliphatic hydroxyl groups is 1. The summed E-state index contributed by atoms with van der Waals surface area (Å²) < 4.78 is 13.8. The van der Waals surface area contributed by atoms with E-state index in [-0.39, 0.29) is 11.9 Å². The van der Waals surface area contributed by atoms with Gasteiger partial charge in [0.05, 0.1) is 21.0 Å². The average Bonchev–Trinajstić information content (AvgIpc) is 2.18. The molecule has 0 bridgehead atoms. The number of aliphatic hydroxyl groups excluding tert-OH is 1. The second kappa shape index (κ2) is 4.75. The van der Waals surface area contributed by atoms with Crippen molar-refractivity contribution in [3.05, 3.63) is 21.5 Å². The van der Waals surface area contributed by atoms with Crippen molar-refractivity contribution < 1.29 is 9.50 Å². The van der Waals surface area contributed by atoms with Crippen LogP contribution in [0, 0.1) is 15.3 Å². The maximum atomic E-state index is 13.3. The Kier molecular flexibility index (Phi) is 3.53. The molecule has 0 aromatic heterocycles. The first kappa shape index (κ1) is 11.9. The van der Waals surface area contributed by atoms with Crippen LogP contribution in [-0.2, 0) is 0 Å². The molecule has 0 radical (unpaired) electrons. The molecule has 4 N–H and O–H groups in total. The van der Waals surface area contributed by atoms with Crippen LogP contribution in [-0.4, -0.2) is 17.8 Å². The summed E-state index contributed by atoms with van der Waals surface area (Å²) in [4.78, 5) is 0. The second-order valence-corrected chi connectivity index (χ2v) is 5.39. The van der Waals surface area contributed by atoms with Crippen molar-refractivity contribution in [2.75, 3.05) is 17.6 Å². The fraction of sp³-hybridized carbons (Fsp3) is 0.455. The van der Waals surface area contributed by atoms with Gasteiger partial charge in [-0.2, -0.15) is 0 Å². The molecule has 0 aliphatic heterocycles. The third-order valence-corrected chi connectivity index (χ3v) is 3.71. The zero-order chi connectivity index (χ0) is 11.7. The van der Waals surface area contributed by atoms with Gasteiger partial charge < -0.3 is 16.2 Å². The summed E-state index contributed by atoms with van der Waals surface area (Å²) in [5.74, 6) is 0.211. The van der Waals surface area contributed by atoms with E-state index in [1.807, 2.05) is 22.6 Å². The molecule has 1 aromatic carbocycles. The Hall–Kier alpha value is -0.560. The van der Waals surface area contributed by atoms with Gasteiger partial charge in [-0.25, -0.2) is 4.39 Å². The number of benzene rings is 1. The van der Waals surface area contributed by atoms with E-state index in [0.29, 0.717) is 20.9 Å². The van der Waals surface area contributed by atoms with Crippen LogP contribution >= 0.6 is 22.6 Å². The minimum absolute atomic E-state index is 0.155. The fourth-order valence-corrected chi connectivity index (χ4v) is 2.33. The highest BCUT2D eigenvalue weighted by atomic mass is 127. The van der Waals surface area contributed by atoms with Gasteiger partial charge in [0.25, 0.3) is 0 Å². The largest absolute Gasteiger partial charge is 0.397 e. The van der Waals surface area contributed by atoms with Crippen molar-refractivity contribution in [1.29, 1.82) is 0 Å². The smallest absolute Gasteiger partial charge is 0.138 e. The Bertz CT molecular complexity index is 394. The van der Waals surface area contributed by atoms with E-state index >= 15 is 0 Å². The lowest BCUT2D eigenvalue weighted by Crippen LogP contribution is -2.33. The second-order valence-electron chi connectivity index (χ2n) is 4.23. The van der Waals surface area contributed by atoms with Gasteiger partial charge in [-0.05, 0) is 47.4 Å². The van der Waals surface area contributed by atoms with Crippen LogP contribution < -0.4 is 11.1 Å². The number of hydrogen-bond donors (Lipinski definition) is 3. The van der Waals surface area contributed by atoms with Crippen LogP contribution in [0.1, 0.15) is 12.8 Å². The summed E-state index contributed by atoms with van der Waals surface area (Å²) in [7, 11) is 0. The van der Waals surface area contributed by atoms with Gasteiger partial charge >= 0.3 is 0 Å². The SMILES string of the molecule is Nc1cc(I)c(F)cc1NCC1CC(O)C1. The molecule has 0 saturated heterocycles. The summed E-state index contributed by atoms with van der Waals surface area (Å²) in [5.41, 5.74) is 6.98. The molecule has 1 fully saturated rings. The van der Waals surface area contributed by atoms with Crippen molar-refractivity contribution >= 4 is 34.0 Å². The van der Waals surface area contributed by atoms with E-state index in [4.69, 9.17) is 10.8 Å². The van der Waals surface area contributed by atoms with Crippen LogP contribution in [0.25, 0.3) is 0 Å². The fourth-order valence-electron chi connectivity index (χ4n) is 1.84. The lowest BCUT2D eigenvalue weighted by atomic mass is 9.82. The molecule has 1 aliphatic carbocycles. The van der Waals surface area contributed by atoms with Gasteiger partial charge in [0, 0.05) is 12.6 Å². The Balaban J connectivity index is 1.96. The number of nitrogens with one attached hydrogen (secondary N) is 1. The van der Waals surface area contributed by atoms with Crippen LogP contribution in [0.5, 0.6) is 0 Å². The molecule has 16 heavy (non-hydrogen) atoms. The van der Waals surface area contributed by atoms with Gasteiger partial charge in [-0.1, -0.05) is 0 Å². The lowest BCUT2D eigenvalue weighted by Gasteiger charge is -2.31. The van der Waals surface area contributed by atoms with Crippen molar-refractivity contribution in [1.82, 2.24) is 0 Å². The van der Waals surface area contributed by atoms with Crippen LogP contribution in [0.15, 0.2) is 12.1 Å². The third-order valence-electron chi connectivity index (χ3n) is 2.88. The first-order valence-electron chi connectivity index (χ1n) is 5.22. The van der Waals surface area contributed by atoms with Gasteiger partial charge in [-0.15, -0.1) is 0 Å². The van der Waals surface area contributed by atoms with Crippen LogP contribution in [0.2, 0.25) is 0 Å². The number of hydrogen-bond acceptors (Lipinski definition) is 3. The minimum atomic E-state index is -0.258. The van der Waals surface area contributed by atoms with Gasteiger partial charge in [-0.3, -0.25) is 0 Å². The molecule has 1 aliphatic rings. The van der Waals surface area contributed by atoms with Gasteiger partial charge in [0.2, 0.25) is 0 Å². The van der Waals surface area contributed by atoms with E-state index in [1.54, 1.807) is 6.07 Å². The summed E-state index contributed by atoms with van der Waals surface area (Å²) in [6, 6.07) is 3.04. The van der Waals surface area contributed by atoms with E-state index < -0.39 is 0 Å². The Morgan fingerprint density at radius 1 is 1.50 bits per heavy atom. The highest BCUT2D eigenvalue weighted by Gasteiger charge is 2.26. The first-order chi connectivity index (χ1) is 7.56. The Morgan fingerprint density at radius 2 is 2.19 bits per heavy atom. The molecule has 1 aromatic rings. The van der Waals surface area contributed by atoms with E-state index in [2.05, 4.69) is 5.32 Å². The average molecular weight is 336 g/mol. The third kappa shape index (κ3) is 2.57. The highest BCUT2D eigenvalue weighted by Crippen LogP contribution is 2.29. The molecule has 1 saturated carbocycles. The number of rotatable bonds is 3. The predicted molar refractivity (Wildman–Crippen MR) is 70.7 cm³/mol. The number of nitrogen functional groups attached to an aromatic ring is 1. The minimum Gasteiger partial charge on any atom is -0.397 e. The van der Waals surface area contributed by atoms with E-state index in [1.165, 1.54) is 6.07 Å². The standard InChI is InChI=1S/C11H14FIN2O/c12-8-3-11(10(14)4-9(8)13)15-5-6-1-7(16)2-6/h3-4,6-7,15-16H,1-2,5,14H2. The quantitative estimate of drug-likeness (QED) is 0.586. The molecule has 88 valence electrons. The molecule has 0 amide bonds. The summed E-state index contributed by atoms with van der Waals surface area (Å²) in [6.45, 7) is 0.737. The Labute approximate surface area is 107 Å². The van der Waals surface area contributed by atoms with Crippen molar-refractivity contribution in [3.8, 4) is 0 Å². The van der Waals surface area contributed by atoms with Gasteiger partial charge in [0.15, 0.2) is 0 Å². The van der Waals surface area contributed by atoms with Crippen molar-refractivity contribution in [3.63, 3.8) is 0 Å². The summed E-state index contributed by atoms with van der Waals surface area (Å²) in [6.07, 6.45) is 1.48. The molecule has 0 heterocycles. The lowest BCUT2D eigenvalue weighted by molar-refractivity contribution is 0.0487. The van der Waals surface area contributed by atoms with E-state index in [0.717, 1.165) is 19.4 Å². The number of halogens is 2. The molecule has 3 nitrogen and oxygen atoms in total. The monoisotopic (exact) mass is 336 g/mol. The summed E-state index contributed by atoms with van der Waals surface area (Å²) >= 11 is 1.91. The molecular formula is C11H14FIN2O. The topological polar surface area (TPSA) is 58.3 Å². The number of nitrogens with two attached hydrogens (primary N) is 1. The normalized spacial score (nSPS) is 23.9. The molecule has 0 unspecified atom stereocenters. The molecule has 2 rings (SSSR count). The Morgan fingerprint density at radius 3 is 2.81 bits per heavy atom.